The molecule has 0 bridgehead atoms. The molecule has 0 unspecified atom stereocenters. The van der Waals surface area contributed by atoms with E-state index in [-0.39, 0.29) is 0 Å². The van der Waals surface area contributed by atoms with Crippen LogP contribution in [0.3, 0.4) is 0 Å². The molecule has 1 nitrogen and oxygen atoms in total. The van der Waals surface area contributed by atoms with Crippen LogP contribution in [-0.2, 0) is 0 Å². The minimum Gasteiger partial charge on any atom is -0.244 e. The van der Waals surface area contributed by atoms with E-state index in [1.54, 1.807) is 6.20 Å². The number of nitrogens with zero attached hydrogens (tertiary/aromatic N) is 1. The molecule has 0 radical (unpaired) electrons. The van der Waals surface area contributed by atoms with Crippen LogP contribution in [-0.4, -0.2) is 4.98 Å². The van der Waals surface area contributed by atoms with E-state index in [9.17, 15) is 0 Å². The Morgan fingerprint density at radius 2 is 1.93 bits per heavy atom. The third-order valence-electron chi connectivity index (χ3n) is 2.41. The maximum Gasteiger partial charge on any atom is 0.136 e. The molecule has 14 heavy (non-hydrogen) atoms. The van der Waals surface area contributed by atoms with Crippen molar-refractivity contribution >= 4 is 22.4 Å². The highest BCUT2D eigenvalue weighted by atomic mass is 35.5. The first-order valence-electron chi connectivity index (χ1n) is 4.73. The van der Waals surface area contributed by atoms with Crippen molar-refractivity contribution in [3.8, 4) is 0 Å². The van der Waals surface area contributed by atoms with Crippen molar-refractivity contribution in [1.29, 1.82) is 0 Å². The topological polar surface area (TPSA) is 12.9 Å². The Morgan fingerprint density at radius 3 is 2.64 bits per heavy atom. The van der Waals surface area contributed by atoms with Crippen molar-refractivity contribution in [2.45, 2.75) is 19.8 Å². The Labute approximate surface area is 88.7 Å². The first-order chi connectivity index (χ1) is 6.70. The molecule has 0 amide bonds. The standard InChI is InChI=1S/C12H12ClN/c1-8(2)9-4-3-5-11-10(9)6-7-14-12(11)13/h3-8H,1-2H3. The van der Waals surface area contributed by atoms with Crippen LogP contribution < -0.4 is 0 Å². The Hall–Kier alpha value is -1.08. The lowest BCUT2D eigenvalue weighted by molar-refractivity contribution is 0.876. The molecule has 0 saturated heterocycles. The number of pyridine rings is 1. The number of benzene rings is 1. The predicted molar refractivity (Wildman–Crippen MR) is 60.8 cm³/mol. The van der Waals surface area contributed by atoms with E-state index in [1.165, 1.54) is 10.9 Å². The molecule has 1 aromatic carbocycles. The zero-order valence-electron chi connectivity index (χ0n) is 8.29. The first-order valence-corrected chi connectivity index (χ1v) is 5.11. The molecular weight excluding hydrogens is 194 g/mol. The molecule has 1 aromatic heterocycles. The molecule has 72 valence electrons. The van der Waals surface area contributed by atoms with Gasteiger partial charge in [-0.3, -0.25) is 0 Å². The average molecular weight is 206 g/mol. The van der Waals surface area contributed by atoms with Gasteiger partial charge >= 0.3 is 0 Å². The van der Waals surface area contributed by atoms with E-state index in [0.29, 0.717) is 11.1 Å². The second kappa shape index (κ2) is 3.58. The van der Waals surface area contributed by atoms with Gasteiger partial charge in [0.25, 0.3) is 0 Å². The molecular formula is C12H12ClN. The SMILES string of the molecule is CC(C)c1cccc2c(Cl)nccc12. The average Bonchev–Trinajstić information content (AvgIpc) is 2.17. The van der Waals surface area contributed by atoms with E-state index in [1.807, 2.05) is 18.2 Å². The third-order valence-corrected chi connectivity index (χ3v) is 2.71. The molecule has 0 aliphatic carbocycles. The van der Waals surface area contributed by atoms with Crippen LogP contribution in [0.4, 0.5) is 0 Å². The van der Waals surface area contributed by atoms with E-state index in [0.717, 1.165) is 5.39 Å². The molecule has 0 N–H and O–H groups in total. The zero-order valence-corrected chi connectivity index (χ0v) is 9.05. The first kappa shape index (κ1) is 9.47. The van der Waals surface area contributed by atoms with Crippen molar-refractivity contribution < 1.29 is 0 Å². The van der Waals surface area contributed by atoms with E-state index in [2.05, 4.69) is 24.9 Å². The quantitative estimate of drug-likeness (QED) is 0.641. The Kier molecular flexibility index (Phi) is 2.42. The molecule has 2 aromatic rings. The summed E-state index contributed by atoms with van der Waals surface area (Å²) in [5.41, 5.74) is 1.33. The Morgan fingerprint density at radius 1 is 1.14 bits per heavy atom. The van der Waals surface area contributed by atoms with Gasteiger partial charge in [0.05, 0.1) is 0 Å². The molecule has 0 saturated carbocycles. The van der Waals surface area contributed by atoms with Gasteiger partial charge in [-0.25, -0.2) is 4.98 Å². The summed E-state index contributed by atoms with van der Waals surface area (Å²) < 4.78 is 0. The van der Waals surface area contributed by atoms with E-state index >= 15 is 0 Å². The maximum absolute atomic E-state index is 6.02. The molecule has 0 aliphatic heterocycles. The number of halogens is 1. The van der Waals surface area contributed by atoms with Crippen molar-refractivity contribution in [2.24, 2.45) is 0 Å². The van der Waals surface area contributed by atoms with Gasteiger partial charge in [0.2, 0.25) is 0 Å². The monoisotopic (exact) mass is 205 g/mol. The van der Waals surface area contributed by atoms with Gasteiger partial charge in [-0.15, -0.1) is 0 Å². The normalized spacial score (nSPS) is 11.1. The number of hydrogen-bond acceptors (Lipinski definition) is 1. The largest absolute Gasteiger partial charge is 0.244 e. The molecule has 0 atom stereocenters. The number of fused-ring (bicyclic) bond motifs is 1. The number of aromatic nitrogens is 1. The summed E-state index contributed by atoms with van der Waals surface area (Å²) in [6, 6.07) is 8.21. The second-order valence-electron chi connectivity index (χ2n) is 3.70. The fourth-order valence-electron chi connectivity index (χ4n) is 1.70. The highest BCUT2D eigenvalue weighted by Crippen LogP contribution is 2.28. The molecule has 2 heteroatoms. The molecule has 0 spiro atoms. The summed E-state index contributed by atoms with van der Waals surface area (Å²) in [4.78, 5) is 4.07. The summed E-state index contributed by atoms with van der Waals surface area (Å²) >= 11 is 6.02. The van der Waals surface area contributed by atoms with Gasteiger partial charge in [-0.1, -0.05) is 43.6 Å². The van der Waals surface area contributed by atoms with E-state index in [4.69, 9.17) is 11.6 Å². The van der Waals surface area contributed by atoms with Crippen LogP contribution in [0.5, 0.6) is 0 Å². The molecule has 0 fully saturated rings. The smallest absolute Gasteiger partial charge is 0.136 e. The van der Waals surface area contributed by atoms with Gasteiger partial charge in [0.1, 0.15) is 5.15 Å². The lowest BCUT2D eigenvalue weighted by Gasteiger charge is -2.09. The summed E-state index contributed by atoms with van der Waals surface area (Å²) in [6.07, 6.45) is 1.76. The number of rotatable bonds is 1. The molecule has 2 rings (SSSR count). The Bertz CT molecular complexity index is 463. The maximum atomic E-state index is 6.02. The van der Waals surface area contributed by atoms with Crippen LogP contribution in [0.25, 0.3) is 10.8 Å². The van der Waals surface area contributed by atoms with Crippen LogP contribution in [0.15, 0.2) is 30.5 Å². The minimum absolute atomic E-state index is 0.511. The van der Waals surface area contributed by atoms with E-state index < -0.39 is 0 Å². The Balaban J connectivity index is 2.81. The van der Waals surface area contributed by atoms with Gasteiger partial charge in [-0.05, 0) is 22.9 Å². The van der Waals surface area contributed by atoms with Gasteiger partial charge in [-0.2, -0.15) is 0 Å². The molecule has 0 aliphatic rings. The lowest BCUT2D eigenvalue weighted by atomic mass is 9.97. The fraction of sp³-hybridized carbons (Fsp3) is 0.250. The summed E-state index contributed by atoms with van der Waals surface area (Å²) in [5, 5.41) is 2.84. The zero-order chi connectivity index (χ0) is 10.1. The molecule has 1 heterocycles. The van der Waals surface area contributed by atoms with Crippen molar-refractivity contribution in [1.82, 2.24) is 4.98 Å². The summed E-state index contributed by atoms with van der Waals surface area (Å²) in [7, 11) is 0. The minimum atomic E-state index is 0.511. The summed E-state index contributed by atoms with van der Waals surface area (Å²) in [5.74, 6) is 0.511. The highest BCUT2D eigenvalue weighted by molar-refractivity contribution is 6.34. The van der Waals surface area contributed by atoms with Crippen LogP contribution in [0, 0.1) is 0 Å². The van der Waals surface area contributed by atoms with Crippen molar-refractivity contribution in [3.63, 3.8) is 0 Å². The van der Waals surface area contributed by atoms with Crippen molar-refractivity contribution in [3.05, 3.63) is 41.2 Å². The summed E-state index contributed by atoms with van der Waals surface area (Å²) in [6.45, 7) is 4.37. The fourth-order valence-corrected chi connectivity index (χ4v) is 1.92. The van der Waals surface area contributed by atoms with Gasteiger partial charge < -0.3 is 0 Å². The predicted octanol–water partition coefficient (Wildman–Crippen LogP) is 4.01. The van der Waals surface area contributed by atoms with Crippen molar-refractivity contribution in [2.75, 3.05) is 0 Å². The number of hydrogen-bond donors (Lipinski definition) is 0. The van der Waals surface area contributed by atoms with Gasteiger partial charge in [0.15, 0.2) is 0 Å². The van der Waals surface area contributed by atoms with Crippen LogP contribution >= 0.6 is 11.6 Å². The van der Waals surface area contributed by atoms with Crippen LogP contribution in [0.1, 0.15) is 25.3 Å². The van der Waals surface area contributed by atoms with Gasteiger partial charge in [0, 0.05) is 11.6 Å². The second-order valence-corrected chi connectivity index (χ2v) is 4.06. The lowest BCUT2D eigenvalue weighted by Crippen LogP contribution is -1.90. The van der Waals surface area contributed by atoms with Crippen LogP contribution in [0.2, 0.25) is 5.15 Å². The third kappa shape index (κ3) is 1.48. The highest BCUT2D eigenvalue weighted by Gasteiger charge is 2.06.